The van der Waals surface area contributed by atoms with Crippen LogP contribution in [-0.2, 0) is 4.74 Å². The lowest BCUT2D eigenvalue weighted by Gasteiger charge is -2.12. The Morgan fingerprint density at radius 3 is 2.70 bits per heavy atom. The highest BCUT2D eigenvalue weighted by Crippen LogP contribution is 2.20. The Hall–Kier alpha value is -2.79. The third-order valence-electron chi connectivity index (χ3n) is 4.15. The number of hydrogen-bond donors (Lipinski definition) is 1. The topological polar surface area (TPSA) is 56.8 Å². The second-order valence-corrected chi connectivity index (χ2v) is 6.70. The van der Waals surface area contributed by atoms with Crippen molar-refractivity contribution >= 4 is 11.6 Å². The molecule has 1 fully saturated rings. The van der Waals surface area contributed by atoms with E-state index in [4.69, 9.17) is 14.2 Å². The molecule has 142 valence electrons. The van der Waals surface area contributed by atoms with Crippen molar-refractivity contribution in [3.63, 3.8) is 0 Å². The van der Waals surface area contributed by atoms with Crippen LogP contribution in [0.15, 0.2) is 60.7 Å². The molecule has 0 spiro atoms. The second kappa shape index (κ2) is 9.24. The first kappa shape index (κ1) is 19.0. The van der Waals surface area contributed by atoms with Crippen LogP contribution in [-0.4, -0.2) is 31.8 Å². The molecule has 2 aromatic carbocycles. The number of benzene rings is 2. The van der Waals surface area contributed by atoms with E-state index in [0.717, 1.165) is 30.8 Å². The molecule has 27 heavy (non-hydrogen) atoms. The molecule has 1 aliphatic heterocycles. The maximum Gasteiger partial charge on any atom is 0.255 e. The maximum absolute atomic E-state index is 12.5. The summed E-state index contributed by atoms with van der Waals surface area (Å²) in [4.78, 5) is 12.5. The van der Waals surface area contributed by atoms with E-state index in [-0.39, 0.29) is 12.0 Å². The minimum atomic E-state index is -0.191. The maximum atomic E-state index is 12.5. The quantitative estimate of drug-likeness (QED) is 0.700. The van der Waals surface area contributed by atoms with Crippen LogP contribution < -0.4 is 14.8 Å². The lowest BCUT2D eigenvalue weighted by Crippen LogP contribution is -2.16. The van der Waals surface area contributed by atoms with Gasteiger partial charge in [0.15, 0.2) is 0 Å². The summed E-state index contributed by atoms with van der Waals surface area (Å²) >= 11 is 0. The highest BCUT2D eigenvalue weighted by atomic mass is 16.5. The highest BCUT2D eigenvalue weighted by molar-refractivity contribution is 6.04. The summed E-state index contributed by atoms with van der Waals surface area (Å²) in [7, 11) is 0. The number of nitrogens with one attached hydrogen (secondary N) is 1. The van der Waals surface area contributed by atoms with Gasteiger partial charge in [-0.1, -0.05) is 12.6 Å². The molecule has 5 nitrogen and oxygen atoms in total. The van der Waals surface area contributed by atoms with Crippen LogP contribution in [0.5, 0.6) is 11.5 Å². The molecule has 5 heteroatoms. The molecule has 0 saturated carbocycles. The Labute approximate surface area is 159 Å². The van der Waals surface area contributed by atoms with E-state index in [0.29, 0.717) is 30.2 Å². The van der Waals surface area contributed by atoms with E-state index >= 15 is 0 Å². The standard InChI is InChI=1S/C22H25NO4/c1-16(2)14-26-20-6-3-5-17(13-20)22(24)23-18-8-10-19(11-9-18)27-15-21-7-4-12-25-21/h3,5-6,8-11,13,21H,1,4,7,12,14-15H2,2H3,(H,23,24)/t21-/m1/s1. The molecule has 3 rings (SSSR count). The molecule has 1 saturated heterocycles. The lowest BCUT2D eigenvalue weighted by atomic mass is 10.2. The third kappa shape index (κ3) is 5.86. The fraction of sp³-hybridized carbons (Fsp3) is 0.318. The normalized spacial score (nSPS) is 16.0. The Bertz CT molecular complexity index is 779. The molecule has 0 unspecified atom stereocenters. The fourth-order valence-corrected chi connectivity index (χ4v) is 2.74. The molecule has 0 radical (unpaired) electrons. The van der Waals surface area contributed by atoms with Crippen molar-refractivity contribution in [2.75, 3.05) is 25.1 Å². The molecule has 1 heterocycles. The van der Waals surface area contributed by atoms with Gasteiger partial charge >= 0.3 is 0 Å². The monoisotopic (exact) mass is 367 g/mol. The Kier molecular flexibility index (Phi) is 6.49. The summed E-state index contributed by atoms with van der Waals surface area (Å²) in [5.74, 6) is 1.21. The van der Waals surface area contributed by atoms with Gasteiger partial charge in [-0.3, -0.25) is 4.79 Å². The van der Waals surface area contributed by atoms with E-state index < -0.39 is 0 Å². The van der Waals surface area contributed by atoms with E-state index in [9.17, 15) is 4.79 Å². The van der Waals surface area contributed by atoms with Crippen LogP contribution in [0.3, 0.4) is 0 Å². The van der Waals surface area contributed by atoms with Crippen LogP contribution in [0, 0.1) is 0 Å². The van der Waals surface area contributed by atoms with Gasteiger partial charge in [0.05, 0.1) is 6.10 Å². The zero-order valence-electron chi connectivity index (χ0n) is 15.6. The summed E-state index contributed by atoms with van der Waals surface area (Å²) in [5.41, 5.74) is 2.16. The molecule has 2 aromatic rings. The van der Waals surface area contributed by atoms with Crippen LogP contribution >= 0.6 is 0 Å². The Balaban J connectivity index is 1.54. The number of rotatable bonds is 8. The van der Waals surface area contributed by atoms with Crippen molar-refractivity contribution in [1.82, 2.24) is 0 Å². The zero-order chi connectivity index (χ0) is 19.1. The zero-order valence-corrected chi connectivity index (χ0v) is 15.6. The van der Waals surface area contributed by atoms with Gasteiger partial charge in [-0.15, -0.1) is 0 Å². The van der Waals surface area contributed by atoms with Gasteiger partial charge in [0, 0.05) is 17.9 Å². The largest absolute Gasteiger partial charge is 0.491 e. The summed E-state index contributed by atoms with van der Waals surface area (Å²) in [6.45, 7) is 7.50. The minimum Gasteiger partial charge on any atom is -0.491 e. The molecular formula is C22H25NO4. The summed E-state index contributed by atoms with van der Waals surface area (Å²) < 4.78 is 16.9. The first-order chi connectivity index (χ1) is 13.1. The average molecular weight is 367 g/mol. The number of carbonyl (C=O) groups excluding carboxylic acids is 1. The smallest absolute Gasteiger partial charge is 0.255 e. The average Bonchev–Trinajstić information content (AvgIpc) is 3.20. The first-order valence-corrected chi connectivity index (χ1v) is 9.13. The van der Waals surface area contributed by atoms with Crippen molar-refractivity contribution in [2.45, 2.75) is 25.9 Å². The van der Waals surface area contributed by atoms with E-state index in [1.807, 2.05) is 37.3 Å². The van der Waals surface area contributed by atoms with Gasteiger partial charge in [-0.05, 0) is 67.8 Å². The molecule has 1 amide bonds. The number of hydrogen-bond acceptors (Lipinski definition) is 4. The fourth-order valence-electron chi connectivity index (χ4n) is 2.74. The molecule has 1 N–H and O–H groups in total. The molecular weight excluding hydrogens is 342 g/mol. The van der Waals surface area contributed by atoms with Gasteiger partial charge in [0.25, 0.3) is 5.91 Å². The summed E-state index contributed by atoms with van der Waals surface area (Å²) in [6, 6.07) is 14.4. The molecule has 1 atom stereocenters. The Morgan fingerprint density at radius 1 is 1.19 bits per heavy atom. The van der Waals surface area contributed by atoms with Crippen molar-refractivity contribution in [1.29, 1.82) is 0 Å². The first-order valence-electron chi connectivity index (χ1n) is 9.13. The predicted molar refractivity (Wildman–Crippen MR) is 106 cm³/mol. The van der Waals surface area contributed by atoms with E-state index in [2.05, 4.69) is 11.9 Å². The number of ether oxygens (including phenoxy) is 3. The summed E-state index contributed by atoms with van der Waals surface area (Å²) in [5, 5.41) is 2.88. The summed E-state index contributed by atoms with van der Waals surface area (Å²) in [6.07, 6.45) is 2.32. The highest BCUT2D eigenvalue weighted by Gasteiger charge is 2.16. The van der Waals surface area contributed by atoms with Gasteiger partial charge < -0.3 is 19.5 Å². The van der Waals surface area contributed by atoms with Crippen molar-refractivity contribution < 1.29 is 19.0 Å². The lowest BCUT2D eigenvalue weighted by molar-refractivity contribution is 0.0679. The van der Waals surface area contributed by atoms with Crippen molar-refractivity contribution in [3.8, 4) is 11.5 Å². The second-order valence-electron chi connectivity index (χ2n) is 6.70. The Morgan fingerprint density at radius 2 is 2.00 bits per heavy atom. The molecule has 0 bridgehead atoms. The van der Waals surface area contributed by atoms with E-state index in [1.165, 1.54) is 0 Å². The van der Waals surface area contributed by atoms with E-state index in [1.54, 1.807) is 18.2 Å². The minimum absolute atomic E-state index is 0.184. The van der Waals surface area contributed by atoms with Gasteiger partial charge in [-0.25, -0.2) is 0 Å². The van der Waals surface area contributed by atoms with Gasteiger partial charge in [0.1, 0.15) is 24.7 Å². The number of carbonyl (C=O) groups is 1. The van der Waals surface area contributed by atoms with Crippen LogP contribution in [0.2, 0.25) is 0 Å². The molecule has 0 aliphatic carbocycles. The predicted octanol–water partition coefficient (Wildman–Crippen LogP) is 4.45. The van der Waals surface area contributed by atoms with Crippen LogP contribution in [0.4, 0.5) is 5.69 Å². The molecule has 0 aromatic heterocycles. The van der Waals surface area contributed by atoms with Crippen molar-refractivity contribution in [2.24, 2.45) is 0 Å². The number of anilines is 1. The van der Waals surface area contributed by atoms with Crippen molar-refractivity contribution in [3.05, 3.63) is 66.2 Å². The van der Waals surface area contributed by atoms with Crippen LogP contribution in [0.25, 0.3) is 0 Å². The van der Waals surface area contributed by atoms with Gasteiger partial charge in [0.2, 0.25) is 0 Å². The molecule has 1 aliphatic rings. The van der Waals surface area contributed by atoms with Gasteiger partial charge in [-0.2, -0.15) is 0 Å². The third-order valence-corrected chi connectivity index (χ3v) is 4.15. The SMILES string of the molecule is C=C(C)COc1cccc(C(=O)Nc2ccc(OC[C@H]3CCCO3)cc2)c1. The number of amides is 1. The van der Waals surface area contributed by atoms with Crippen LogP contribution in [0.1, 0.15) is 30.1 Å².